The Morgan fingerprint density at radius 1 is 1.14 bits per heavy atom. The Hall–Kier alpha value is -1.22. The Labute approximate surface area is 129 Å². The summed E-state index contributed by atoms with van der Waals surface area (Å²) in [7, 11) is 0. The smallest absolute Gasteiger partial charge is 0.120 e. The van der Waals surface area contributed by atoms with Gasteiger partial charge in [0.15, 0.2) is 0 Å². The molecular formula is C18H29NO2. The van der Waals surface area contributed by atoms with E-state index in [9.17, 15) is 0 Å². The summed E-state index contributed by atoms with van der Waals surface area (Å²) in [5, 5.41) is 3.67. The summed E-state index contributed by atoms with van der Waals surface area (Å²) in [5.41, 5.74) is 0.297. The second-order valence-corrected chi connectivity index (χ2v) is 6.52. The van der Waals surface area contributed by atoms with Crippen molar-refractivity contribution in [1.29, 1.82) is 0 Å². The Morgan fingerprint density at radius 3 is 2.43 bits per heavy atom. The summed E-state index contributed by atoms with van der Waals surface area (Å²) in [5.74, 6) is 1.83. The fourth-order valence-corrected chi connectivity index (χ4v) is 3.13. The van der Waals surface area contributed by atoms with E-state index in [4.69, 9.17) is 9.47 Å². The minimum atomic E-state index is 0.254. The van der Waals surface area contributed by atoms with Crippen molar-refractivity contribution >= 4 is 0 Å². The van der Waals surface area contributed by atoms with Crippen molar-refractivity contribution < 1.29 is 9.47 Å². The molecule has 0 aromatic heterocycles. The molecule has 1 aromatic carbocycles. The normalized spacial score (nSPS) is 24.0. The zero-order valence-corrected chi connectivity index (χ0v) is 13.8. The van der Waals surface area contributed by atoms with Crippen LogP contribution in [0.2, 0.25) is 0 Å². The van der Waals surface area contributed by atoms with E-state index >= 15 is 0 Å². The van der Waals surface area contributed by atoms with Crippen LogP contribution in [-0.2, 0) is 0 Å². The zero-order valence-electron chi connectivity index (χ0n) is 13.8. The quantitative estimate of drug-likeness (QED) is 0.823. The standard InChI is InChI=1S/C18H29NO2/c1-5-13-19-17-16(11-12-18(17,3)4)21-15-9-7-14(8-10-15)20-6-2/h7-10,16-17,19H,5-6,11-13H2,1-4H3. The number of nitrogens with one attached hydrogen (secondary N) is 1. The third-order valence-electron chi connectivity index (χ3n) is 4.32. The molecule has 0 radical (unpaired) electrons. The number of hydrogen-bond donors (Lipinski definition) is 1. The molecule has 0 aliphatic heterocycles. The molecule has 3 nitrogen and oxygen atoms in total. The van der Waals surface area contributed by atoms with Crippen LogP contribution in [0, 0.1) is 5.41 Å². The van der Waals surface area contributed by atoms with Gasteiger partial charge in [0.25, 0.3) is 0 Å². The van der Waals surface area contributed by atoms with Gasteiger partial charge < -0.3 is 14.8 Å². The highest BCUT2D eigenvalue weighted by Gasteiger charge is 2.42. The van der Waals surface area contributed by atoms with Crippen molar-refractivity contribution in [2.75, 3.05) is 13.2 Å². The van der Waals surface area contributed by atoms with E-state index in [0.717, 1.165) is 30.9 Å². The van der Waals surface area contributed by atoms with Gasteiger partial charge in [0.05, 0.1) is 6.61 Å². The summed E-state index contributed by atoms with van der Waals surface area (Å²) < 4.78 is 11.7. The molecule has 21 heavy (non-hydrogen) atoms. The Morgan fingerprint density at radius 2 is 1.81 bits per heavy atom. The lowest BCUT2D eigenvalue weighted by Crippen LogP contribution is -2.46. The van der Waals surface area contributed by atoms with Gasteiger partial charge in [-0.05, 0) is 62.4 Å². The molecular weight excluding hydrogens is 262 g/mol. The minimum absolute atomic E-state index is 0.254. The van der Waals surface area contributed by atoms with E-state index in [1.807, 2.05) is 31.2 Å². The molecule has 2 unspecified atom stereocenters. The third-order valence-corrected chi connectivity index (χ3v) is 4.32. The van der Waals surface area contributed by atoms with E-state index in [1.165, 1.54) is 6.42 Å². The van der Waals surface area contributed by atoms with Crippen LogP contribution < -0.4 is 14.8 Å². The van der Waals surface area contributed by atoms with Gasteiger partial charge in [-0.2, -0.15) is 0 Å². The van der Waals surface area contributed by atoms with Crippen molar-refractivity contribution in [3.8, 4) is 11.5 Å². The number of ether oxygens (including phenoxy) is 2. The molecule has 1 fully saturated rings. The summed E-state index contributed by atoms with van der Waals surface area (Å²) in [6.07, 6.45) is 3.73. The van der Waals surface area contributed by atoms with Crippen LogP contribution >= 0.6 is 0 Å². The zero-order chi connectivity index (χ0) is 15.3. The van der Waals surface area contributed by atoms with Crippen molar-refractivity contribution in [2.24, 2.45) is 5.41 Å². The molecule has 0 saturated heterocycles. The van der Waals surface area contributed by atoms with Gasteiger partial charge in [-0.15, -0.1) is 0 Å². The molecule has 1 aliphatic rings. The summed E-state index contributed by atoms with van der Waals surface area (Å²) >= 11 is 0. The molecule has 118 valence electrons. The van der Waals surface area contributed by atoms with Crippen molar-refractivity contribution in [1.82, 2.24) is 5.32 Å². The maximum absolute atomic E-state index is 6.24. The largest absolute Gasteiger partial charge is 0.494 e. The fourth-order valence-electron chi connectivity index (χ4n) is 3.13. The molecule has 2 atom stereocenters. The first kappa shape index (κ1) is 16.2. The van der Waals surface area contributed by atoms with E-state index in [1.54, 1.807) is 0 Å². The third kappa shape index (κ3) is 4.13. The Bertz CT molecular complexity index is 427. The van der Waals surface area contributed by atoms with Gasteiger partial charge in [0, 0.05) is 6.04 Å². The first-order valence-corrected chi connectivity index (χ1v) is 8.19. The van der Waals surface area contributed by atoms with Gasteiger partial charge in [-0.25, -0.2) is 0 Å². The van der Waals surface area contributed by atoms with E-state index in [2.05, 4.69) is 26.1 Å². The Balaban J connectivity index is 2.00. The number of rotatable bonds is 7. The predicted octanol–water partition coefficient (Wildman–Crippen LogP) is 4.02. The van der Waals surface area contributed by atoms with E-state index < -0.39 is 0 Å². The molecule has 1 saturated carbocycles. The maximum Gasteiger partial charge on any atom is 0.120 e. The van der Waals surface area contributed by atoms with Crippen molar-refractivity contribution in [2.45, 2.75) is 59.1 Å². The maximum atomic E-state index is 6.24. The molecule has 1 aromatic rings. The molecule has 0 spiro atoms. The van der Waals surface area contributed by atoms with Gasteiger partial charge in [0.1, 0.15) is 17.6 Å². The lowest BCUT2D eigenvalue weighted by molar-refractivity contribution is 0.140. The van der Waals surface area contributed by atoms with E-state index in [0.29, 0.717) is 18.1 Å². The van der Waals surface area contributed by atoms with Crippen LogP contribution in [-0.4, -0.2) is 25.3 Å². The van der Waals surface area contributed by atoms with Crippen LogP contribution in [0.3, 0.4) is 0 Å². The van der Waals surface area contributed by atoms with Gasteiger partial charge in [-0.1, -0.05) is 20.8 Å². The predicted molar refractivity (Wildman–Crippen MR) is 87.1 cm³/mol. The lowest BCUT2D eigenvalue weighted by Gasteiger charge is -2.31. The SMILES string of the molecule is CCCNC1C(Oc2ccc(OCC)cc2)CCC1(C)C. The van der Waals surface area contributed by atoms with Gasteiger partial charge in [-0.3, -0.25) is 0 Å². The average molecular weight is 291 g/mol. The topological polar surface area (TPSA) is 30.5 Å². The Kier molecular flexibility index (Phi) is 5.51. The minimum Gasteiger partial charge on any atom is -0.494 e. The molecule has 0 heterocycles. The number of benzene rings is 1. The number of hydrogen-bond acceptors (Lipinski definition) is 3. The van der Waals surface area contributed by atoms with E-state index in [-0.39, 0.29) is 6.10 Å². The first-order valence-electron chi connectivity index (χ1n) is 8.19. The highest BCUT2D eigenvalue weighted by atomic mass is 16.5. The molecule has 0 bridgehead atoms. The molecule has 1 aliphatic carbocycles. The summed E-state index contributed by atoms with van der Waals surface area (Å²) in [6.45, 7) is 10.6. The van der Waals surface area contributed by atoms with Crippen LogP contribution in [0.25, 0.3) is 0 Å². The van der Waals surface area contributed by atoms with Crippen LogP contribution in [0.5, 0.6) is 11.5 Å². The lowest BCUT2D eigenvalue weighted by atomic mass is 9.87. The van der Waals surface area contributed by atoms with Gasteiger partial charge >= 0.3 is 0 Å². The average Bonchev–Trinajstić information content (AvgIpc) is 2.74. The van der Waals surface area contributed by atoms with Crippen LogP contribution in [0.1, 0.15) is 47.0 Å². The second-order valence-electron chi connectivity index (χ2n) is 6.52. The van der Waals surface area contributed by atoms with Crippen molar-refractivity contribution in [3.05, 3.63) is 24.3 Å². The molecule has 3 heteroatoms. The highest BCUT2D eigenvalue weighted by Crippen LogP contribution is 2.39. The summed E-state index contributed by atoms with van der Waals surface area (Å²) in [6, 6.07) is 8.39. The molecule has 2 rings (SSSR count). The first-order chi connectivity index (χ1) is 10.1. The van der Waals surface area contributed by atoms with Crippen LogP contribution in [0.15, 0.2) is 24.3 Å². The molecule has 0 amide bonds. The summed E-state index contributed by atoms with van der Waals surface area (Å²) in [4.78, 5) is 0. The monoisotopic (exact) mass is 291 g/mol. The highest BCUT2D eigenvalue weighted by molar-refractivity contribution is 5.31. The van der Waals surface area contributed by atoms with Gasteiger partial charge in [0.2, 0.25) is 0 Å². The fraction of sp³-hybridized carbons (Fsp3) is 0.667. The second kappa shape index (κ2) is 7.17. The molecule has 1 N–H and O–H groups in total. The van der Waals surface area contributed by atoms with Crippen LogP contribution in [0.4, 0.5) is 0 Å². The van der Waals surface area contributed by atoms with Crippen molar-refractivity contribution in [3.63, 3.8) is 0 Å².